The summed E-state index contributed by atoms with van der Waals surface area (Å²) in [4.78, 5) is 40.1. The topological polar surface area (TPSA) is 142 Å². The van der Waals surface area contributed by atoms with Gasteiger partial charge in [0.15, 0.2) is 11.5 Å². The number of hydrazine groups is 1. The van der Waals surface area contributed by atoms with E-state index in [0.29, 0.717) is 28.8 Å². The van der Waals surface area contributed by atoms with Gasteiger partial charge in [0.1, 0.15) is 5.70 Å². The van der Waals surface area contributed by atoms with Gasteiger partial charge < -0.3 is 10.9 Å². The van der Waals surface area contributed by atoms with E-state index in [1.807, 2.05) is 36.3 Å². The SMILES string of the molecule is NN=Cc1ccc(C2(CC(=O)O)C(=O)N(CCc3ccccc3)C(=C=O)c3ccccc3N2N)cc1. The van der Waals surface area contributed by atoms with Gasteiger partial charge in [0.25, 0.3) is 5.91 Å². The molecule has 1 unspecified atom stereocenters. The lowest BCUT2D eigenvalue weighted by Crippen LogP contribution is -2.60. The van der Waals surface area contributed by atoms with Crippen LogP contribution in [-0.2, 0) is 26.3 Å². The number of rotatable bonds is 7. The lowest BCUT2D eigenvalue weighted by Gasteiger charge is -2.41. The molecular weight excluding hydrogens is 458 g/mol. The summed E-state index contributed by atoms with van der Waals surface area (Å²) in [6.07, 6.45) is 1.21. The van der Waals surface area contributed by atoms with E-state index in [4.69, 9.17) is 11.7 Å². The fourth-order valence-corrected chi connectivity index (χ4v) is 4.55. The molecule has 9 nitrogen and oxygen atoms in total. The minimum atomic E-state index is -1.85. The summed E-state index contributed by atoms with van der Waals surface area (Å²) in [5, 5.41) is 14.6. The van der Waals surface area contributed by atoms with Gasteiger partial charge in [-0.3, -0.25) is 19.5 Å². The van der Waals surface area contributed by atoms with Crippen molar-refractivity contribution in [2.24, 2.45) is 16.8 Å². The van der Waals surface area contributed by atoms with Crippen LogP contribution in [0.4, 0.5) is 5.69 Å². The predicted octanol–water partition coefficient (Wildman–Crippen LogP) is 2.29. The number of hydrogen-bond acceptors (Lipinski definition) is 7. The van der Waals surface area contributed by atoms with Crippen molar-refractivity contribution in [2.75, 3.05) is 11.6 Å². The van der Waals surface area contributed by atoms with Gasteiger partial charge in [-0.05, 0) is 35.2 Å². The maximum atomic E-state index is 14.4. The number of hydrogen-bond donors (Lipinski definition) is 3. The third kappa shape index (κ3) is 4.36. The number of hydrazone groups is 1. The Hall–Kier alpha value is -4.72. The highest BCUT2D eigenvalue weighted by Gasteiger charge is 2.52. The molecule has 182 valence electrons. The summed E-state index contributed by atoms with van der Waals surface area (Å²) in [7, 11) is 0. The summed E-state index contributed by atoms with van der Waals surface area (Å²) in [6, 6.07) is 22.8. The number of amides is 1. The van der Waals surface area contributed by atoms with Crippen LogP contribution < -0.4 is 16.7 Å². The molecule has 3 aromatic rings. The molecule has 0 aromatic heterocycles. The number of carboxylic acid groups (broad SMARTS) is 1. The van der Waals surface area contributed by atoms with Crippen molar-refractivity contribution < 1.29 is 19.5 Å². The molecule has 0 aliphatic carbocycles. The molecule has 1 aliphatic rings. The molecule has 1 heterocycles. The first-order valence-corrected chi connectivity index (χ1v) is 11.2. The molecule has 36 heavy (non-hydrogen) atoms. The second-order valence-electron chi connectivity index (χ2n) is 8.36. The Balaban J connectivity index is 1.93. The van der Waals surface area contributed by atoms with E-state index < -0.39 is 23.8 Å². The first-order chi connectivity index (χ1) is 17.4. The molecular formula is C27H25N5O4. The van der Waals surface area contributed by atoms with Crippen molar-refractivity contribution >= 4 is 35.4 Å². The summed E-state index contributed by atoms with van der Waals surface area (Å²) in [5.41, 5.74) is 0.823. The molecule has 1 amide bonds. The number of carbonyl (C=O) groups is 2. The van der Waals surface area contributed by atoms with Crippen molar-refractivity contribution in [1.29, 1.82) is 0 Å². The zero-order valence-electron chi connectivity index (χ0n) is 19.4. The van der Waals surface area contributed by atoms with Gasteiger partial charge in [-0.15, -0.1) is 0 Å². The Morgan fingerprint density at radius 2 is 1.69 bits per heavy atom. The Bertz CT molecular complexity index is 1350. The highest BCUT2D eigenvalue weighted by Crippen LogP contribution is 2.43. The van der Waals surface area contributed by atoms with Gasteiger partial charge in [-0.2, -0.15) is 5.10 Å². The highest BCUT2D eigenvalue weighted by atomic mass is 16.4. The van der Waals surface area contributed by atoms with Crippen LogP contribution in [0.5, 0.6) is 0 Å². The lowest BCUT2D eigenvalue weighted by molar-refractivity contribution is -0.144. The zero-order valence-corrected chi connectivity index (χ0v) is 19.4. The van der Waals surface area contributed by atoms with Crippen LogP contribution in [0.25, 0.3) is 5.70 Å². The molecule has 0 radical (unpaired) electrons. The van der Waals surface area contributed by atoms with E-state index in [1.54, 1.807) is 48.5 Å². The van der Waals surface area contributed by atoms with Gasteiger partial charge in [-0.1, -0.05) is 66.7 Å². The largest absolute Gasteiger partial charge is 0.481 e. The fourth-order valence-electron chi connectivity index (χ4n) is 4.55. The molecule has 1 aliphatic heterocycles. The van der Waals surface area contributed by atoms with Crippen molar-refractivity contribution in [3.63, 3.8) is 0 Å². The first-order valence-electron chi connectivity index (χ1n) is 11.2. The number of carboxylic acids is 1. The highest BCUT2D eigenvalue weighted by molar-refractivity contribution is 6.07. The summed E-state index contributed by atoms with van der Waals surface area (Å²) in [6.45, 7) is 0.120. The van der Waals surface area contributed by atoms with Crippen molar-refractivity contribution in [3.8, 4) is 0 Å². The average Bonchev–Trinajstić information content (AvgIpc) is 2.96. The first kappa shape index (κ1) is 24.4. The second kappa shape index (κ2) is 10.3. The molecule has 0 spiro atoms. The Labute approximate surface area is 207 Å². The Morgan fingerprint density at radius 3 is 2.33 bits per heavy atom. The van der Waals surface area contributed by atoms with Gasteiger partial charge in [0.2, 0.25) is 0 Å². The lowest BCUT2D eigenvalue weighted by atomic mass is 9.83. The van der Waals surface area contributed by atoms with Crippen LogP contribution in [0.15, 0.2) is 84.0 Å². The fraction of sp³-hybridized carbons (Fsp3) is 0.148. The van der Waals surface area contributed by atoms with Crippen LogP contribution in [0.3, 0.4) is 0 Å². The van der Waals surface area contributed by atoms with Crippen LogP contribution in [0.1, 0.15) is 28.7 Å². The molecule has 3 aromatic carbocycles. The van der Waals surface area contributed by atoms with Crippen molar-refractivity contribution in [1.82, 2.24) is 4.90 Å². The third-order valence-electron chi connectivity index (χ3n) is 6.28. The molecule has 1 atom stereocenters. The quantitative estimate of drug-likeness (QED) is 0.203. The number of benzene rings is 3. The monoisotopic (exact) mass is 483 g/mol. The summed E-state index contributed by atoms with van der Waals surface area (Å²) >= 11 is 0. The van der Waals surface area contributed by atoms with Crippen LogP contribution in [-0.4, -0.2) is 40.6 Å². The molecule has 0 fully saturated rings. The van der Waals surface area contributed by atoms with Gasteiger partial charge in [0, 0.05) is 12.1 Å². The van der Waals surface area contributed by atoms with Gasteiger partial charge >= 0.3 is 5.97 Å². The van der Waals surface area contributed by atoms with E-state index >= 15 is 0 Å². The molecule has 0 saturated heterocycles. The zero-order chi connectivity index (χ0) is 25.7. The third-order valence-corrected chi connectivity index (χ3v) is 6.28. The number of nitrogens with zero attached hydrogens (tertiary/aromatic N) is 3. The maximum Gasteiger partial charge on any atom is 0.306 e. The normalized spacial score (nSPS) is 17.6. The molecule has 9 heteroatoms. The van der Waals surface area contributed by atoms with Crippen LogP contribution in [0.2, 0.25) is 0 Å². The number of anilines is 1. The summed E-state index contributed by atoms with van der Waals surface area (Å²) in [5.74, 6) is 11.9. The van der Waals surface area contributed by atoms with Crippen LogP contribution >= 0.6 is 0 Å². The number of para-hydroxylation sites is 1. The predicted molar refractivity (Wildman–Crippen MR) is 136 cm³/mol. The number of nitrogens with two attached hydrogens (primary N) is 2. The molecule has 0 saturated carbocycles. The molecule has 0 bridgehead atoms. The minimum absolute atomic E-state index is 0.00105. The minimum Gasteiger partial charge on any atom is -0.481 e. The Morgan fingerprint density at radius 1 is 1.03 bits per heavy atom. The van der Waals surface area contributed by atoms with E-state index in [1.165, 1.54) is 11.1 Å². The number of aliphatic carboxylic acids is 1. The van der Waals surface area contributed by atoms with Crippen LogP contribution in [0, 0.1) is 0 Å². The maximum absolute atomic E-state index is 14.4. The van der Waals surface area contributed by atoms with Gasteiger partial charge in [0.05, 0.1) is 18.3 Å². The summed E-state index contributed by atoms with van der Waals surface area (Å²) < 4.78 is 0. The van der Waals surface area contributed by atoms with E-state index in [2.05, 4.69) is 5.10 Å². The number of fused-ring (bicyclic) bond motifs is 1. The van der Waals surface area contributed by atoms with Crippen molar-refractivity contribution in [2.45, 2.75) is 18.4 Å². The van der Waals surface area contributed by atoms with E-state index in [0.717, 1.165) is 10.6 Å². The molecule has 4 rings (SSSR count). The Kier molecular flexibility index (Phi) is 6.96. The van der Waals surface area contributed by atoms with Crippen molar-refractivity contribution in [3.05, 3.63) is 101 Å². The number of carbonyl (C=O) groups excluding carboxylic acids is 2. The second-order valence-corrected chi connectivity index (χ2v) is 8.36. The smallest absolute Gasteiger partial charge is 0.306 e. The van der Waals surface area contributed by atoms with E-state index in [-0.39, 0.29) is 12.2 Å². The molecule has 5 N–H and O–H groups in total. The standard InChI is InChI=1S/C27H25N5O4/c28-30-17-20-10-12-21(13-11-20)27(16-25(34)35)26(36)31(15-14-19-6-2-1-3-7-19)24(18-33)22-8-4-5-9-23(22)32(27)29/h1-13,17H,14-16,28-29H2,(H,34,35). The van der Waals surface area contributed by atoms with Gasteiger partial charge in [-0.25, -0.2) is 10.6 Å². The van der Waals surface area contributed by atoms with E-state index in [9.17, 15) is 19.5 Å². The average molecular weight is 484 g/mol.